The Morgan fingerprint density at radius 3 is 2.79 bits per heavy atom. The molecule has 3 heterocycles. The second-order valence-corrected chi connectivity index (χ2v) is 6.98. The Labute approximate surface area is 148 Å². The largest absolute Gasteiger partial charge is 0.381 e. The Morgan fingerprint density at radius 1 is 1.33 bits per heavy atom. The molecule has 1 aromatic rings. The van der Waals surface area contributed by atoms with E-state index in [0.29, 0.717) is 5.92 Å². The molecule has 1 N–H and O–H groups in total. The molecule has 0 amide bonds. The van der Waals surface area contributed by atoms with Crippen LogP contribution in [0.2, 0.25) is 0 Å². The summed E-state index contributed by atoms with van der Waals surface area (Å²) in [6.07, 6.45) is 2.03. The Balaban J connectivity index is 1.55. The topological polar surface area (TPSA) is 65.9 Å². The van der Waals surface area contributed by atoms with E-state index in [2.05, 4.69) is 38.3 Å². The van der Waals surface area contributed by atoms with Gasteiger partial charge in [0.2, 0.25) is 5.13 Å². The zero-order valence-electron chi connectivity index (χ0n) is 14.7. The van der Waals surface area contributed by atoms with Crippen molar-refractivity contribution in [1.29, 1.82) is 0 Å². The van der Waals surface area contributed by atoms with Crippen LogP contribution in [0.5, 0.6) is 0 Å². The van der Waals surface area contributed by atoms with E-state index in [9.17, 15) is 0 Å². The van der Waals surface area contributed by atoms with Crippen molar-refractivity contribution < 1.29 is 4.74 Å². The van der Waals surface area contributed by atoms with E-state index < -0.39 is 0 Å². The first-order valence-electron chi connectivity index (χ1n) is 8.98. The predicted molar refractivity (Wildman–Crippen MR) is 98.0 cm³/mol. The average molecular weight is 353 g/mol. The highest BCUT2D eigenvalue weighted by Gasteiger charge is 2.22. The van der Waals surface area contributed by atoms with Crippen LogP contribution in [-0.2, 0) is 11.2 Å². The lowest BCUT2D eigenvalue weighted by Crippen LogP contribution is -2.52. The summed E-state index contributed by atoms with van der Waals surface area (Å²) in [5, 5.41) is 4.49. The molecule has 1 aromatic heterocycles. The monoisotopic (exact) mass is 352 g/mol. The second kappa shape index (κ2) is 8.62. The van der Waals surface area contributed by atoms with Crippen LogP contribution < -0.4 is 10.2 Å². The summed E-state index contributed by atoms with van der Waals surface area (Å²) in [6, 6.07) is 0. The van der Waals surface area contributed by atoms with Gasteiger partial charge in [0.15, 0.2) is 5.96 Å². The molecule has 1 atom stereocenters. The van der Waals surface area contributed by atoms with Crippen LogP contribution in [0, 0.1) is 5.92 Å². The van der Waals surface area contributed by atoms with Gasteiger partial charge in [-0.15, -0.1) is 0 Å². The molecular weight excluding hydrogens is 324 g/mol. The van der Waals surface area contributed by atoms with Gasteiger partial charge in [-0.2, -0.15) is 4.37 Å². The third-order valence-electron chi connectivity index (χ3n) is 4.48. The minimum Gasteiger partial charge on any atom is -0.381 e. The molecule has 1 unspecified atom stereocenters. The number of piperazine rings is 1. The molecule has 134 valence electrons. The smallest absolute Gasteiger partial charge is 0.205 e. The molecule has 0 saturated carbocycles. The highest BCUT2D eigenvalue weighted by molar-refractivity contribution is 7.09. The van der Waals surface area contributed by atoms with Crippen LogP contribution in [0.3, 0.4) is 0 Å². The number of aliphatic imine (C=N–C) groups is 1. The third-order valence-corrected chi connectivity index (χ3v) is 5.30. The lowest BCUT2D eigenvalue weighted by atomic mass is 10.1. The van der Waals surface area contributed by atoms with Crippen LogP contribution in [0.4, 0.5) is 5.13 Å². The van der Waals surface area contributed by atoms with Gasteiger partial charge < -0.3 is 19.9 Å². The molecule has 7 nitrogen and oxygen atoms in total. The summed E-state index contributed by atoms with van der Waals surface area (Å²) in [5.74, 6) is 2.57. The van der Waals surface area contributed by atoms with Gasteiger partial charge in [-0.05, 0) is 13.3 Å². The van der Waals surface area contributed by atoms with Crippen molar-refractivity contribution in [2.45, 2.75) is 26.7 Å². The standard InChI is InChI=1S/C16H28N6OS/c1-3-14-19-16(24-20-14)22-8-6-21(7-9-22)15(17-4-2)18-11-13-5-10-23-12-13/h13H,3-12H2,1-2H3,(H,17,18). The molecule has 0 spiro atoms. The Hall–Kier alpha value is -1.41. The molecule has 0 aromatic carbocycles. The number of rotatable bonds is 5. The predicted octanol–water partition coefficient (Wildman–Crippen LogP) is 1.22. The number of aromatic nitrogens is 2. The van der Waals surface area contributed by atoms with Crippen molar-refractivity contribution in [3.8, 4) is 0 Å². The lowest BCUT2D eigenvalue weighted by Gasteiger charge is -2.36. The molecule has 2 aliphatic rings. The van der Waals surface area contributed by atoms with Gasteiger partial charge in [0.25, 0.3) is 0 Å². The highest BCUT2D eigenvalue weighted by Crippen LogP contribution is 2.19. The number of hydrogen-bond donors (Lipinski definition) is 1. The van der Waals surface area contributed by atoms with Gasteiger partial charge in [-0.3, -0.25) is 4.99 Å². The van der Waals surface area contributed by atoms with Gasteiger partial charge in [0.1, 0.15) is 5.82 Å². The maximum absolute atomic E-state index is 5.45. The van der Waals surface area contributed by atoms with Crippen molar-refractivity contribution >= 4 is 22.6 Å². The molecule has 8 heteroatoms. The molecule has 2 saturated heterocycles. The number of nitrogens with zero attached hydrogens (tertiary/aromatic N) is 5. The molecule has 2 fully saturated rings. The fourth-order valence-electron chi connectivity index (χ4n) is 3.00. The van der Waals surface area contributed by atoms with E-state index in [1.165, 1.54) is 11.5 Å². The zero-order valence-corrected chi connectivity index (χ0v) is 15.5. The van der Waals surface area contributed by atoms with Crippen LogP contribution in [0.15, 0.2) is 4.99 Å². The molecule has 0 radical (unpaired) electrons. The first-order chi connectivity index (χ1) is 11.8. The number of nitrogens with one attached hydrogen (secondary N) is 1. The van der Waals surface area contributed by atoms with Gasteiger partial charge in [0.05, 0.1) is 6.61 Å². The zero-order chi connectivity index (χ0) is 16.8. The number of guanidine groups is 1. The van der Waals surface area contributed by atoms with E-state index >= 15 is 0 Å². The Morgan fingerprint density at radius 2 is 2.17 bits per heavy atom. The summed E-state index contributed by atoms with van der Waals surface area (Å²) in [6.45, 7) is 11.6. The fraction of sp³-hybridized carbons (Fsp3) is 0.812. The molecular formula is C16H28N6OS. The second-order valence-electron chi connectivity index (χ2n) is 6.25. The summed E-state index contributed by atoms with van der Waals surface area (Å²) >= 11 is 1.51. The molecule has 0 aliphatic carbocycles. The Kier molecular flexibility index (Phi) is 6.25. The van der Waals surface area contributed by atoms with Gasteiger partial charge in [-0.1, -0.05) is 6.92 Å². The van der Waals surface area contributed by atoms with E-state index in [1.54, 1.807) is 0 Å². The highest BCUT2D eigenvalue weighted by atomic mass is 32.1. The molecule has 24 heavy (non-hydrogen) atoms. The van der Waals surface area contributed by atoms with E-state index in [4.69, 9.17) is 9.73 Å². The number of aryl methyl sites for hydroxylation is 1. The quantitative estimate of drug-likeness (QED) is 0.635. The first-order valence-corrected chi connectivity index (χ1v) is 9.76. The van der Waals surface area contributed by atoms with E-state index in [-0.39, 0.29) is 0 Å². The normalized spacial score (nSPS) is 22.2. The molecule has 2 aliphatic heterocycles. The van der Waals surface area contributed by atoms with Crippen molar-refractivity contribution in [1.82, 2.24) is 19.6 Å². The van der Waals surface area contributed by atoms with Gasteiger partial charge in [-0.25, -0.2) is 4.98 Å². The minimum absolute atomic E-state index is 0.578. The van der Waals surface area contributed by atoms with Crippen LogP contribution in [0.25, 0.3) is 0 Å². The SMILES string of the molecule is CCNC(=NCC1CCOC1)N1CCN(c2nc(CC)ns2)CC1. The van der Waals surface area contributed by atoms with Gasteiger partial charge >= 0.3 is 0 Å². The van der Waals surface area contributed by atoms with Crippen LogP contribution in [0.1, 0.15) is 26.1 Å². The summed E-state index contributed by atoms with van der Waals surface area (Å²) in [5.41, 5.74) is 0. The summed E-state index contributed by atoms with van der Waals surface area (Å²) in [7, 11) is 0. The Bertz CT molecular complexity index is 534. The average Bonchev–Trinajstić information content (AvgIpc) is 3.30. The maximum atomic E-state index is 5.45. The van der Waals surface area contributed by atoms with Crippen LogP contribution in [-0.4, -0.2) is 72.7 Å². The first kappa shape index (κ1) is 17.4. The van der Waals surface area contributed by atoms with Crippen molar-refractivity contribution in [3.05, 3.63) is 5.82 Å². The van der Waals surface area contributed by atoms with Crippen LogP contribution >= 0.6 is 11.5 Å². The number of hydrogen-bond acceptors (Lipinski definition) is 6. The van der Waals surface area contributed by atoms with E-state index in [0.717, 1.165) is 82.2 Å². The van der Waals surface area contributed by atoms with Gasteiger partial charge in [0, 0.05) is 69.7 Å². The lowest BCUT2D eigenvalue weighted by molar-refractivity contribution is 0.187. The number of anilines is 1. The number of ether oxygens (including phenoxy) is 1. The minimum atomic E-state index is 0.578. The fourth-order valence-corrected chi connectivity index (χ4v) is 3.80. The van der Waals surface area contributed by atoms with Crippen molar-refractivity contribution in [3.63, 3.8) is 0 Å². The summed E-state index contributed by atoms with van der Waals surface area (Å²) in [4.78, 5) is 14.1. The third kappa shape index (κ3) is 4.36. The molecule has 3 rings (SSSR count). The summed E-state index contributed by atoms with van der Waals surface area (Å²) < 4.78 is 9.84. The molecule has 0 bridgehead atoms. The van der Waals surface area contributed by atoms with Crippen molar-refractivity contribution in [2.24, 2.45) is 10.9 Å². The van der Waals surface area contributed by atoms with Crippen molar-refractivity contribution in [2.75, 3.05) is 57.4 Å². The van der Waals surface area contributed by atoms with E-state index in [1.807, 2.05) is 0 Å². The maximum Gasteiger partial charge on any atom is 0.205 e.